The minimum absolute atomic E-state index is 0.344. The van der Waals surface area contributed by atoms with Crippen LogP contribution in [0, 0.1) is 0 Å². The zero-order chi connectivity index (χ0) is 13.9. The Morgan fingerprint density at radius 3 is 2.20 bits per heavy atom. The van der Waals surface area contributed by atoms with Gasteiger partial charge in [-0.3, -0.25) is 4.90 Å². The molecule has 2 heteroatoms. The minimum atomic E-state index is 0.344. The van der Waals surface area contributed by atoms with Crippen molar-refractivity contribution < 1.29 is 5.11 Å². The number of fused-ring (bicyclic) bond motifs is 1. The van der Waals surface area contributed by atoms with E-state index >= 15 is 0 Å². The van der Waals surface area contributed by atoms with E-state index in [1.165, 1.54) is 16.7 Å². The van der Waals surface area contributed by atoms with Crippen LogP contribution in [0.15, 0.2) is 48.5 Å². The number of hydrogen-bond acceptors (Lipinski definition) is 2. The van der Waals surface area contributed by atoms with Gasteiger partial charge in [-0.25, -0.2) is 0 Å². The Labute approximate surface area is 120 Å². The Kier molecular flexibility index (Phi) is 3.75. The van der Waals surface area contributed by atoms with Crippen LogP contribution >= 0.6 is 0 Å². The number of phenolic OH excluding ortho intramolecular Hbond substituents is 1. The molecule has 0 amide bonds. The fourth-order valence-corrected chi connectivity index (χ4v) is 3.07. The van der Waals surface area contributed by atoms with Crippen LogP contribution in [-0.2, 0) is 12.8 Å². The zero-order valence-corrected chi connectivity index (χ0v) is 11.9. The van der Waals surface area contributed by atoms with Crippen molar-refractivity contribution >= 4 is 0 Å². The monoisotopic (exact) mass is 267 g/mol. The van der Waals surface area contributed by atoms with Crippen molar-refractivity contribution in [1.29, 1.82) is 0 Å². The normalized spacial score (nSPS) is 17.2. The molecule has 1 heterocycles. The molecule has 0 radical (unpaired) electrons. The van der Waals surface area contributed by atoms with E-state index in [0.717, 1.165) is 25.9 Å². The van der Waals surface area contributed by atoms with E-state index in [0.29, 0.717) is 11.8 Å². The van der Waals surface area contributed by atoms with Gasteiger partial charge < -0.3 is 5.11 Å². The maximum Gasteiger partial charge on any atom is 0.115 e. The molecule has 0 aliphatic carbocycles. The topological polar surface area (TPSA) is 23.5 Å². The second kappa shape index (κ2) is 5.68. The number of benzene rings is 2. The third kappa shape index (κ3) is 2.70. The lowest BCUT2D eigenvalue weighted by atomic mass is 10.0. The molecule has 1 unspecified atom stereocenters. The summed E-state index contributed by atoms with van der Waals surface area (Å²) >= 11 is 0. The molecule has 1 aliphatic heterocycles. The van der Waals surface area contributed by atoms with E-state index in [-0.39, 0.29) is 0 Å². The first kappa shape index (κ1) is 13.2. The highest BCUT2D eigenvalue weighted by molar-refractivity contribution is 5.31. The summed E-state index contributed by atoms with van der Waals surface area (Å²) in [6.45, 7) is 4.38. The van der Waals surface area contributed by atoms with Crippen molar-refractivity contribution in [3.05, 3.63) is 65.2 Å². The maximum atomic E-state index is 9.64. The zero-order valence-electron chi connectivity index (χ0n) is 11.9. The van der Waals surface area contributed by atoms with E-state index in [1.54, 1.807) is 6.07 Å². The van der Waals surface area contributed by atoms with Crippen molar-refractivity contribution in [3.63, 3.8) is 0 Å². The fraction of sp³-hybridized carbons (Fsp3) is 0.333. The molecule has 0 saturated heterocycles. The Morgan fingerprint density at radius 2 is 1.60 bits per heavy atom. The largest absolute Gasteiger partial charge is 0.508 e. The second-order valence-electron chi connectivity index (χ2n) is 5.58. The lowest BCUT2D eigenvalue weighted by molar-refractivity contribution is 0.221. The number of phenols is 1. The molecule has 3 rings (SSSR count). The summed E-state index contributed by atoms with van der Waals surface area (Å²) in [5.74, 6) is 0.354. The van der Waals surface area contributed by atoms with Crippen molar-refractivity contribution in [2.75, 3.05) is 13.1 Å². The van der Waals surface area contributed by atoms with Gasteiger partial charge in [0.2, 0.25) is 0 Å². The van der Waals surface area contributed by atoms with Gasteiger partial charge in [0.25, 0.3) is 0 Å². The summed E-state index contributed by atoms with van der Waals surface area (Å²) in [7, 11) is 0. The van der Waals surface area contributed by atoms with E-state index in [2.05, 4.69) is 42.2 Å². The second-order valence-corrected chi connectivity index (χ2v) is 5.58. The first-order chi connectivity index (χ1) is 9.74. The molecule has 0 spiro atoms. The highest BCUT2D eigenvalue weighted by Crippen LogP contribution is 2.26. The molecule has 2 aromatic rings. The van der Waals surface area contributed by atoms with Gasteiger partial charge in [0, 0.05) is 19.1 Å². The Balaban J connectivity index is 1.76. The van der Waals surface area contributed by atoms with E-state index < -0.39 is 0 Å². The van der Waals surface area contributed by atoms with Gasteiger partial charge in [-0.2, -0.15) is 0 Å². The smallest absolute Gasteiger partial charge is 0.115 e. The van der Waals surface area contributed by atoms with Gasteiger partial charge in [-0.15, -0.1) is 0 Å². The van der Waals surface area contributed by atoms with Crippen LogP contribution in [-0.4, -0.2) is 23.1 Å². The Morgan fingerprint density at radius 1 is 0.950 bits per heavy atom. The van der Waals surface area contributed by atoms with E-state index in [9.17, 15) is 5.11 Å². The molecule has 1 aliphatic rings. The SMILES string of the molecule is CC(c1cccc(O)c1)N1CCc2ccccc2CC1. The van der Waals surface area contributed by atoms with Gasteiger partial charge in [-0.05, 0) is 48.6 Å². The van der Waals surface area contributed by atoms with Crippen LogP contribution in [0.1, 0.15) is 29.7 Å². The highest BCUT2D eigenvalue weighted by Gasteiger charge is 2.19. The van der Waals surface area contributed by atoms with Gasteiger partial charge in [0.15, 0.2) is 0 Å². The molecule has 2 nitrogen and oxygen atoms in total. The number of rotatable bonds is 2. The van der Waals surface area contributed by atoms with Crippen LogP contribution in [0.5, 0.6) is 5.75 Å². The Bertz CT molecular complexity index is 566. The summed E-state index contributed by atoms with van der Waals surface area (Å²) in [5.41, 5.74) is 4.16. The van der Waals surface area contributed by atoms with Crippen molar-refractivity contribution in [1.82, 2.24) is 4.90 Å². The molecule has 0 saturated carbocycles. The number of aromatic hydroxyl groups is 1. The van der Waals surface area contributed by atoms with Crippen molar-refractivity contribution in [3.8, 4) is 5.75 Å². The summed E-state index contributed by atoms with van der Waals surface area (Å²) in [6, 6.07) is 16.7. The van der Waals surface area contributed by atoms with Crippen LogP contribution in [0.2, 0.25) is 0 Å². The lowest BCUT2D eigenvalue weighted by Gasteiger charge is -2.28. The molecule has 2 aromatic carbocycles. The summed E-state index contributed by atoms with van der Waals surface area (Å²) < 4.78 is 0. The molecular weight excluding hydrogens is 246 g/mol. The maximum absolute atomic E-state index is 9.64. The predicted octanol–water partition coefficient (Wildman–Crippen LogP) is 3.55. The first-order valence-corrected chi connectivity index (χ1v) is 7.34. The molecule has 0 bridgehead atoms. The lowest BCUT2D eigenvalue weighted by Crippen LogP contribution is -2.29. The van der Waals surface area contributed by atoms with Crippen LogP contribution in [0.4, 0.5) is 0 Å². The number of nitrogens with zero attached hydrogens (tertiary/aromatic N) is 1. The molecule has 1 atom stereocenters. The van der Waals surface area contributed by atoms with Crippen LogP contribution < -0.4 is 0 Å². The molecular formula is C18H21NO. The summed E-state index contributed by atoms with van der Waals surface area (Å²) in [4.78, 5) is 2.51. The third-order valence-corrected chi connectivity index (χ3v) is 4.36. The molecule has 104 valence electrons. The van der Waals surface area contributed by atoms with Gasteiger partial charge in [0.1, 0.15) is 5.75 Å². The van der Waals surface area contributed by atoms with Crippen LogP contribution in [0.3, 0.4) is 0 Å². The average molecular weight is 267 g/mol. The van der Waals surface area contributed by atoms with Gasteiger partial charge in [-0.1, -0.05) is 36.4 Å². The molecule has 20 heavy (non-hydrogen) atoms. The molecule has 1 N–H and O–H groups in total. The average Bonchev–Trinajstić information content (AvgIpc) is 2.69. The van der Waals surface area contributed by atoms with Crippen molar-refractivity contribution in [2.24, 2.45) is 0 Å². The van der Waals surface area contributed by atoms with Crippen LogP contribution in [0.25, 0.3) is 0 Å². The minimum Gasteiger partial charge on any atom is -0.508 e. The highest BCUT2D eigenvalue weighted by atomic mass is 16.3. The number of hydrogen-bond donors (Lipinski definition) is 1. The van der Waals surface area contributed by atoms with Gasteiger partial charge >= 0.3 is 0 Å². The predicted molar refractivity (Wildman–Crippen MR) is 81.9 cm³/mol. The molecule has 0 aromatic heterocycles. The summed E-state index contributed by atoms with van der Waals surface area (Å²) in [6.07, 6.45) is 2.22. The third-order valence-electron chi connectivity index (χ3n) is 4.36. The molecule has 0 fully saturated rings. The fourth-order valence-electron chi connectivity index (χ4n) is 3.07. The first-order valence-electron chi connectivity index (χ1n) is 7.34. The quantitative estimate of drug-likeness (QED) is 0.899. The van der Waals surface area contributed by atoms with Gasteiger partial charge in [0.05, 0.1) is 0 Å². The van der Waals surface area contributed by atoms with Crippen molar-refractivity contribution in [2.45, 2.75) is 25.8 Å². The van der Waals surface area contributed by atoms with E-state index in [1.807, 2.05) is 12.1 Å². The standard InChI is InChI=1S/C18H21NO/c1-14(17-7-4-8-18(20)13-17)19-11-9-15-5-2-3-6-16(15)10-12-19/h2-8,13-14,20H,9-12H2,1H3. The summed E-state index contributed by atoms with van der Waals surface area (Å²) in [5, 5.41) is 9.64. The van der Waals surface area contributed by atoms with E-state index in [4.69, 9.17) is 0 Å². The Hall–Kier alpha value is -1.80.